The van der Waals surface area contributed by atoms with Gasteiger partial charge in [-0.2, -0.15) is 0 Å². The lowest BCUT2D eigenvalue weighted by molar-refractivity contribution is 0.124. The van der Waals surface area contributed by atoms with Crippen LogP contribution in [0.1, 0.15) is 18.1 Å². The molecule has 2 rings (SSSR count). The standard InChI is InChI=1S/C10H13NOS/c1-7-4-9-5-8(6-12-11)2-3-10(9)13-7/h2-3,5,7H,4,6,11H2,1H3. The Balaban J connectivity index is 2.24. The molecule has 0 saturated carbocycles. The first kappa shape index (κ1) is 9.06. The molecule has 2 N–H and O–H groups in total. The van der Waals surface area contributed by atoms with Gasteiger partial charge in [0.05, 0.1) is 6.61 Å². The lowest BCUT2D eigenvalue weighted by Crippen LogP contribution is -1.99. The van der Waals surface area contributed by atoms with Crippen molar-refractivity contribution in [2.75, 3.05) is 0 Å². The summed E-state index contributed by atoms with van der Waals surface area (Å²) >= 11 is 1.95. The Bertz CT molecular complexity index is 314. The van der Waals surface area contributed by atoms with Crippen molar-refractivity contribution >= 4 is 11.8 Å². The Morgan fingerprint density at radius 1 is 1.62 bits per heavy atom. The van der Waals surface area contributed by atoms with E-state index in [0.29, 0.717) is 11.9 Å². The maximum atomic E-state index is 5.03. The van der Waals surface area contributed by atoms with Crippen molar-refractivity contribution in [1.82, 2.24) is 0 Å². The molecule has 1 aromatic rings. The van der Waals surface area contributed by atoms with Gasteiger partial charge in [-0.3, -0.25) is 4.84 Å². The minimum absolute atomic E-state index is 0.506. The summed E-state index contributed by atoms with van der Waals surface area (Å²) in [4.78, 5) is 6.02. The molecule has 70 valence electrons. The highest BCUT2D eigenvalue weighted by Crippen LogP contribution is 2.36. The van der Waals surface area contributed by atoms with Crippen molar-refractivity contribution in [1.29, 1.82) is 0 Å². The Morgan fingerprint density at radius 3 is 3.23 bits per heavy atom. The van der Waals surface area contributed by atoms with Gasteiger partial charge in [-0.15, -0.1) is 11.8 Å². The molecule has 1 heterocycles. The molecule has 1 aliphatic rings. The minimum Gasteiger partial charge on any atom is -0.300 e. The molecule has 0 bridgehead atoms. The molecule has 0 aromatic heterocycles. The molecule has 0 spiro atoms. The van der Waals surface area contributed by atoms with Gasteiger partial charge >= 0.3 is 0 Å². The van der Waals surface area contributed by atoms with Crippen molar-refractivity contribution in [3.8, 4) is 0 Å². The van der Waals surface area contributed by atoms with E-state index in [-0.39, 0.29) is 0 Å². The largest absolute Gasteiger partial charge is 0.300 e. The fourth-order valence-corrected chi connectivity index (χ4v) is 2.80. The van der Waals surface area contributed by atoms with E-state index in [4.69, 9.17) is 5.90 Å². The van der Waals surface area contributed by atoms with Gasteiger partial charge in [0.25, 0.3) is 0 Å². The van der Waals surface area contributed by atoms with Gasteiger partial charge in [-0.25, -0.2) is 5.90 Å². The molecule has 2 nitrogen and oxygen atoms in total. The third-order valence-electron chi connectivity index (χ3n) is 2.21. The zero-order chi connectivity index (χ0) is 9.26. The van der Waals surface area contributed by atoms with E-state index in [2.05, 4.69) is 30.0 Å². The van der Waals surface area contributed by atoms with E-state index >= 15 is 0 Å². The average Bonchev–Trinajstić information content (AvgIpc) is 2.44. The zero-order valence-corrected chi connectivity index (χ0v) is 8.43. The van der Waals surface area contributed by atoms with Crippen LogP contribution in [-0.4, -0.2) is 5.25 Å². The third-order valence-corrected chi connectivity index (χ3v) is 3.43. The molecule has 1 aromatic carbocycles. The molecule has 0 amide bonds. The highest BCUT2D eigenvalue weighted by Gasteiger charge is 2.18. The first-order valence-corrected chi connectivity index (χ1v) is 5.27. The monoisotopic (exact) mass is 195 g/mol. The summed E-state index contributed by atoms with van der Waals surface area (Å²) in [6.45, 7) is 2.76. The normalized spacial score (nSPS) is 20.3. The summed E-state index contributed by atoms with van der Waals surface area (Å²) in [5.41, 5.74) is 2.60. The molecule has 1 unspecified atom stereocenters. The van der Waals surface area contributed by atoms with E-state index in [1.165, 1.54) is 16.9 Å². The number of fused-ring (bicyclic) bond motifs is 1. The quantitative estimate of drug-likeness (QED) is 0.734. The SMILES string of the molecule is CC1Cc2cc(CON)ccc2S1. The molecule has 0 saturated heterocycles. The molecule has 0 radical (unpaired) electrons. The van der Waals surface area contributed by atoms with Crippen molar-refractivity contribution in [3.63, 3.8) is 0 Å². The van der Waals surface area contributed by atoms with Crippen LogP contribution < -0.4 is 5.90 Å². The van der Waals surface area contributed by atoms with Gasteiger partial charge in [-0.1, -0.05) is 19.1 Å². The second-order valence-corrected chi connectivity index (χ2v) is 4.87. The van der Waals surface area contributed by atoms with Crippen molar-refractivity contribution in [2.45, 2.75) is 30.1 Å². The van der Waals surface area contributed by atoms with Crippen LogP contribution >= 0.6 is 11.8 Å². The van der Waals surface area contributed by atoms with Crippen LogP contribution in [0.25, 0.3) is 0 Å². The summed E-state index contributed by atoms with van der Waals surface area (Å²) in [6.07, 6.45) is 1.17. The van der Waals surface area contributed by atoms with E-state index < -0.39 is 0 Å². The summed E-state index contributed by atoms with van der Waals surface area (Å²) in [6, 6.07) is 6.44. The first-order valence-electron chi connectivity index (χ1n) is 4.39. The maximum Gasteiger partial charge on any atom is 0.0930 e. The summed E-state index contributed by atoms with van der Waals surface area (Å²) in [5.74, 6) is 5.03. The highest BCUT2D eigenvalue weighted by molar-refractivity contribution is 8.00. The van der Waals surface area contributed by atoms with Crippen molar-refractivity contribution in [3.05, 3.63) is 29.3 Å². The predicted octanol–water partition coefficient (Wildman–Crippen LogP) is 2.11. The highest BCUT2D eigenvalue weighted by atomic mass is 32.2. The van der Waals surface area contributed by atoms with Gasteiger partial charge in [0.1, 0.15) is 0 Å². The fourth-order valence-electron chi connectivity index (χ4n) is 1.66. The van der Waals surface area contributed by atoms with Gasteiger partial charge < -0.3 is 0 Å². The summed E-state index contributed by atoms with van der Waals surface area (Å²) in [7, 11) is 0. The first-order chi connectivity index (χ1) is 6.29. The van der Waals surface area contributed by atoms with Crippen molar-refractivity contribution < 1.29 is 4.84 Å². The number of hydrogen-bond donors (Lipinski definition) is 1. The van der Waals surface area contributed by atoms with Crippen LogP contribution in [0, 0.1) is 0 Å². The van der Waals surface area contributed by atoms with Crippen LogP contribution in [0.15, 0.2) is 23.1 Å². The van der Waals surface area contributed by atoms with Gasteiger partial charge in [-0.05, 0) is 23.6 Å². The molecule has 0 aliphatic carbocycles. The van der Waals surface area contributed by atoms with Crippen LogP contribution in [-0.2, 0) is 17.9 Å². The van der Waals surface area contributed by atoms with Crippen LogP contribution in [0.4, 0.5) is 0 Å². The maximum absolute atomic E-state index is 5.03. The molecular weight excluding hydrogens is 182 g/mol. The lowest BCUT2D eigenvalue weighted by atomic mass is 10.1. The van der Waals surface area contributed by atoms with Gasteiger partial charge in [0, 0.05) is 10.1 Å². The molecule has 1 aliphatic heterocycles. The Kier molecular flexibility index (Phi) is 2.58. The predicted molar refractivity (Wildman–Crippen MR) is 54.4 cm³/mol. The lowest BCUT2D eigenvalue weighted by Gasteiger charge is -2.01. The van der Waals surface area contributed by atoms with Gasteiger partial charge in [0.15, 0.2) is 0 Å². The van der Waals surface area contributed by atoms with Crippen LogP contribution in [0.5, 0.6) is 0 Å². The molecular formula is C10H13NOS. The van der Waals surface area contributed by atoms with Gasteiger partial charge in [0.2, 0.25) is 0 Å². The number of thioether (sulfide) groups is 1. The second kappa shape index (κ2) is 3.70. The Hall–Kier alpha value is -0.510. The minimum atomic E-state index is 0.506. The third kappa shape index (κ3) is 1.88. The topological polar surface area (TPSA) is 35.2 Å². The molecule has 0 fully saturated rings. The molecule has 3 heteroatoms. The van der Waals surface area contributed by atoms with E-state index in [9.17, 15) is 0 Å². The molecule has 1 atom stereocenters. The molecule has 13 heavy (non-hydrogen) atoms. The van der Waals surface area contributed by atoms with E-state index in [0.717, 1.165) is 5.56 Å². The summed E-state index contributed by atoms with van der Waals surface area (Å²) in [5, 5.41) is 0.712. The Morgan fingerprint density at radius 2 is 2.46 bits per heavy atom. The van der Waals surface area contributed by atoms with E-state index in [1.54, 1.807) is 0 Å². The Labute approximate surface area is 82.4 Å². The number of benzene rings is 1. The number of nitrogens with two attached hydrogens (primary N) is 1. The zero-order valence-electron chi connectivity index (χ0n) is 7.62. The van der Waals surface area contributed by atoms with Crippen LogP contribution in [0.2, 0.25) is 0 Å². The van der Waals surface area contributed by atoms with Crippen molar-refractivity contribution in [2.24, 2.45) is 5.90 Å². The summed E-state index contributed by atoms with van der Waals surface area (Å²) < 4.78 is 0. The number of rotatable bonds is 2. The van der Waals surface area contributed by atoms with Crippen LogP contribution in [0.3, 0.4) is 0 Å². The number of hydrogen-bond acceptors (Lipinski definition) is 3. The average molecular weight is 195 g/mol. The second-order valence-electron chi connectivity index (χ2n) is 3.39. The van der Waals surface area contributed by atoms with E-state index in [1.807, 2.05) is 11.8 Å². The smallest absolute Gasteiger partial charge is 0.0930 e. The fraction of sp³-hybridized carbons (Fsp3) is 0.400.